The van der Waals surface area contributed by atoms with Gasteiger partial charge in [-0.25, -0.2) is 4.98 Å². The quantitative estimate of drug-likeness (QED) is 0.865. The van der Waals surface area contributed by atoms with Crippen LogP contribution in [0.4, 0.5) is 5.13 Å². The van der Waals surface area contributed by atoms with Crippen LogP contribution in [-0.4, -0.2) is 24.6 Å². The van der Waals surface area contributed by atoms with E-state index in [9.17, 15) is 0 Å². The molecule has 1 aromatic rings. The Labute approximate surface area is 127 Å². The summed E-state index contributed by atoms with van der Waals surface area (Å²) >= 11 is 1.87. The molecule has 0 aromatic carbocycles. The Morgan fingerprint density at radius 1 is 1.35 bits per heavy atom. The van der Waals surface area contributed by atoms with Crippen molar-refractivity contribution in [3.05, 3.63) is 10.6 Å². The van der Waals surface area contributed by atoms with E-state index in [1.807, 2.05) is 11.3 Å². The summed E-state index contributed by atoms with van der Waals surface area (Å²) in [6.45, 7) is 13.3. The Kier molecular flexibility index (Phi) is 4.75. The smallest absolute Gasteiger partial charge is 0.185 e. The first-order valence-electron chi connectivity index (χ1n) is 7.72. The van der Waals surface area contributed by atoms with Crippen molar-refractivity contribution < 1.29 is 0 Å². The first kappa shape index (κ1) is 15.8. The molecule has 0 aliphatic heterocycles. The second-order valence-corrected chi connectivity index (χ2v) is 8.45. The number of hydrogen-bond donors (Lipinski definition) is 1. The van der Waals surface area contributed by atoms with Crippen LogP contribution >= 0.6 is 11.3 Å². The fourth-order valence-corrected chi connectivity index (χ4v) is 3.56. The average molecular weight is 295 g/mol. The summed E-state index contributed by atoms with van der Waals surface area (Å²) in [5, 5.41) is 4.76. The van der Waals surface area contributed by atoms with Gasteiger partial charge in [0.25, 0.3) is 0 Å². The summed E-state index contributed by atoms with van der Waals surface area (Å²) in [5.41, 5.74) is 1.38. The number of hydrogen-bond acceptors (Lipinski definition) is 4. The number of aromatic nitrogens is 1. The maximum Gasteiger partial charge on any atom is 0.185 e. The van der Waals surface area contributed by atoms with Crippen molar-refractivity contribution in [1.29, 1.82) is 0 Å². The van der Waals surface area contributed by atoms with Crippen LogP contribution in [-0.2, 0) is 12.0 Å². The predicted octanol–water partition coefficient (Wildman–Crippen LogP) is 3.78. The molecule has 4 heteroatoms. The van der Waals surface area contributed by atoms with Gasteiger partial charge in [-0.2, -0.15) is 0 Å². The van der Waals surface area contributed by atoms with E-state index in [2.05, 4.69) is 51.9 Å². The lowest BCUT2D eigenvalue weighted by molar-refractivity contribution is 0.535. The number of thiazole rings is 1. The summed E-state index contributed by atoms with van der Waals surface area (Å²) in [4.78, 5) is 8.72. The lowest BCUT2D eigenvalue weighted by atomic mass is 9.91. The van der Waals surface area contributed by atoms with Crippen molar-refractivity contribution in [3.8, 4) is 0 Å². The number of rotatable bonds is 6. The summed E-state index contributed by atoms with van der Waals surface area (Å²) in [6.07, 6.45) is 2.64. The highest BCUT2D eigenvalue weighted by Gasteiger charge is 2.30. The van der Waals surface area contributed by atoms with Crippen molar-refractivity contribution in [2.24, 2.45) is 5.92 Å². The molecule has 0 unspecified atom stereocenters. The van der Waals surface area contributed by atoms with Crippen molar-refractivity contribution in [3.63, 3.8) is 0 Å². The highest BCUT2D eigenvalue weighted by molar-refractivity contribution is 7.15. The third-order valence-electron chi connectivity index (χ3n) is 3.63. The number of nitrogens with one attached hydrogen (secondary N) is 1. The molecule has 1 aromatic heterocycles. The fraction of sp³-hybridized carbons (Fsp3) is 0.812. The highest BCUT2D eigenvalue weighted by Crippen LogP contribution is 2.37. The maximum absolute atomic E-state index is 4.94. The summed E-state index contributed by atoms with van der Waals surface area (Å²) in [6, 6.07) is 0.727. The molecule has 0 atom stereocenters. The molecule has 0 amide bonds. The van der Waals surface area contributed by atoms with Crippen LogP contribution in [0.5, 0.6) is 0 Å². The van der Waals surface area contributed by atoms with E-state index in [4.69, 9.17) is 4.98 Å². The summed E-state index contributed by atoms with van der Waals surface area (Å²) in [5.74, 6) is 0.689. The third kappa shape index (κ3) is 3.95. The van der Waals surface area contributed by atoms with Crippen molar-refractivity contribution >= 4 is 16.5 Å². The Hall–Kier alpha value is -0.610. The molecule has 0 saturated heterocycles. The molecule has 1 fully saturated rings. The lowest BCUT2D eigenvalue weighted by Gasteiger charge is -2.18. The van der Waals surface area contributed by atoms with E-state index < -0.39 is 0 Å². The van der Waals surface area contributed by atoms with E-state index in [0.717, 1.165) is 19.1 Å². The minimum Gasteiger partial charge on any atom is -0.348 e. The van der Waals surface area contributed by atoms with Crippen LogP contribution in [0, 0.1) is 5.92 Å². The van der Waals surface area contributed by atoms with Crippen LogP contribution in [0.25, 0.3) is 0 Å². The van der Waals surface area contributed by atoms with Crippen LogP contribution in [0.15, 0.2) is 0 Å². The maximum atomic E-state index is 4.94. The second kappa shape index (κ2) is 6.02. The fourth-order valence-electron chi connectivity index (χ4n) is 2.29. The molecule has 0 bridgehead atoms. The Bertz CT molecular complexity index is 441. The molecule has 1 heterocycles. The molecule has 114 valence electrons. The van der Waals surface area contributed by atoms with Crippen molar-refractivity contribution in [1.82, 2.24) is 10.3 Å². The van der Waals surface area contributed by atoms with Gasteiger partial charge in [-0.05, 0) is 25.3 Å². The minimum atomic E-state index is 0.119. The molecule has 1 aliphatic carbocycles. The SMILES string of the molecule is CC(C)CNCc1sc(N(C)C2CC2)nc1C(C)(C)C. The zero-order chi connectivity index (χ0) is 14.9. The van der Waals surface area contributed by atoms with Gasteiger partial charge in [-0.15, -0.1) is 11.3 Å². The Morgan fingerprint density at radius 2 is 2.00 bits per heavy atom. The molecule has 1 saturated carbocycles. The van der Waals surface area contributed by atoms with E-state index in [1.165, 1.54) is 28.5 Å². The van der Waals surface area contributed by atoms with E-state index in [1.54, 1.807) is 0 Å². The van der Waals surface area contributed by atoms with Gasteiger partial charge >= 0.3 is 0 Å². The molecule has 0 spiro atoms. The minimum absolute atomic E-state index is 0.119. The van der Waals surface area contributed by atoms with Crippen LogP contribution in [0.2, 0.25) is 0 Å². The Balaban J connectivity index is 2.14. The average Bonchev–Trinajstić information content (AvgIpc) is 3.07. The van der Waals surface area contributed by atoms with Gasteiger partial charge in [0.1, 0.15) is 0 Å². The van der Waals surface area contributed by atoms with Gasteiger partial charge < -0.3 is 10.2 Å². The van der Waals surface area contributed by atoms with E-state index >= 15 is 0 Å². The molecule has 0 radical (unpaired) electrons. The molecule has 20 heavy (non-hydrogen) atoms. The van der Waals surface area contributed by atoms with Crippen molar-refractivity contribution in [2.75, 3.05) is 18.5 Å². The topological polar surface area (TPSA) is 28.2 Å². The van der Waals surface area contributed by atoms with E-state index in [0.29, 0.717) is 5.92 Å². The van der Waals surface area contributed by atoms with E-state index in [-0.39, 0.29) is 5.41 Å². The Morgan fingerprint density at radius 3 is 2.50 bits per heavy atom. The first-order valence-corrected chi connectivity index (χ1v) is 8.54. The monoisotopic (exact) mass is 295 g/mol. The molecular formula is C16H29N3S. The third-order valence-corrected chi connectivity index (χ3v) is 4.78. The lowest BCUT2D eigenvalue weighted by Crippen LogP contribution is -2.22. The largest absolute Gasteiger partial charge is 0.348 e. The first-order chi connectivity index (χ1) is 9.29. The van der Waals surface area contributed by atoms with Crippen LogP contribution < -0.4 is 10.2 Å². The summed E-state index contributed by atoms with van der Waals surface area (Å²) < 4.78 is 0. The zero-order valence-corrected chi connectivity index (χ0v) is 14.6. The highest BCUT2D eigenvalue weighted by atomic mass is 32.1. The van der Waals surface area contributed by atoms with Crippen LogP contribution in [0.3, 0.4) is 0 Å². The molecular weight excluding hydrogens is 266 g/mol. The second-order valence-electron chi connectivity index (χ2n) is 7.39. The normalized spacial score (nSPS) is 15.9. The van der Waals surface area contributed by atoms with Gasteiger partial charge in [0.15, 0.2) is 5.13 Å². The van der Waals surface area contributed by atoms with Gasteiger partial charge in [0.2, 0.25) is 0 Å². The van der Waals surface area contributed by atoms with Gasteiger partial charge in [-0.1, -0.05) is 34.6 Å². The molecule has 2 rings (SSSR count). The molecule has 1 N–H and O–H groups in total. The van der Waals surface area contributed by atoms with Gasteiger partial charge in [0, 0.05) is 29.9 Å². The zero-order valence-electron chi connectivity index (χ0n) is 13.8. The van der Waals surface area contributed by atoms with Gasteiger partial charge in [-0.3, -0.25) is 0 Å². The predicted molar refractivity (Wildman–Crippen MR) is 88.8 cm³/mol. The number of nitrogens with zero attached hydrogens (tertiary/aromatic N) is 2. The molecule has 3 nitrogen and oxygen atoms in total. The van der Waals surface area contributed by atoms with Crippen molar-refractivity contribution in [2.45, 2.75) is 65.5 Å². The standard InChI is InChI=1S/C16H29N3S/c1-11(2)9-17-10-13-14(16(3,4)5)18-15(20-13)19(6)12-7-8-12/h11-12,17H,7-10H2,1-6H3. The molecule has 1 aliphatic rings. The van der Waals surface area contributed by atoms with Gasteiger partial charge in [0.05, 0.1) is 5.69 Å². The summed E-state index contributed by atoms with van der Waals surface area (Å²) in [7, 11) is 2.19. The van der Waals surface area contributed by atoms with Crippen LogP contribution in [0.1, 0.15) is 58.0 Å². The number of anilines is 1.